The van der Waals surface area contributed by atoms with Crippen molar-refractivity contribution in [2.24, 2.45) is 13.0 Å². The van der Waals surface area contributed by atoms with E-state index in [9.17, 15) is 0 Å². The predicted molar refractivity (Wildman–Crippen MR) is 102 cm³/mol. The zero-order valence-corrected chi connectivity index (χ0v) is 16.3. The largest absolute Gasteiger partial charge is 0.317 e. The first-order valence-corrected chi connectivity index (χ1v) is 7.92. The minimum Gasteiger partial charge on any atom is -0.317 e. The summed E-state index contributed by atoms with van der Waals surface area (Å²) in [5.41, 5.74) is 1.33. The highest BCUT2D eigenvalue weighted by Crippen LogP contribution is 2.15. The third-order valence-electron chi connectivity index (χ3n) is 4.60. The molecule has 0 bridgehead atoms. The molecule has 136 valence electrons. The molecule has 0 aromatic carbocycles. The summed E-state index contributed by atoms with van der Waals surface area (Å²) in [6.07, 6.45) is 6.83. The number of piperidine rings is 1. The average Bonchev–Trinajstić information content (AvgIpc) is 2.88. The van der Waals surface area contributed by atoms with Crippen LogP contribution in [0.4, 0.5) is 0 Å². The van der Waals surface area contributed by atoms with Gasteiger partial charge in [0.1, 0.15) is 0 Å². The van der Waals surface area contributed by atoms with Crippen molar-refractivity contribution in [2.45, 2.75) is 19.4 Å². The lowest BCUT2D eigenvalue weighted by atomic mass is 9.97. The second-order valence-electron chi connectivity index (χ2n) is 6.29. The number of rotatable bonds is 4. The molecule has 8 heteroatoms. The van der Waals surface area contributed by atoms with Crippen LogP contribution in [0, 0.1) is 5.92 Å². The van der Waals surface area contributed by atoms with Gasteiger partial charge in [0.15, 0.2) is 0 Å². The predicted octanol–water partition coefficient (Wildman–Crippen LogP) is 1.80. The molecule has 3 rings (SSSR count). The van der Waals surface area contributed by atoms with E-state index >= 15 is 0 Å². The van der Waals surface area contributed by atoms with Gasteiger partial charge in [-0.3, -0.25) is 9.58 Å². The molecule has 5 nitrogen and oxygen atoms in total. The van der Waals surface area contributed by atoms with Gasteiger partial charge < -0.3 is 10.2 Å². The second-order valence-corrected chi connectivity index (χ2v) is 6.29. The average molecular weight is 387 g/mol. The summed E-state index contributed by atoms with van der Waals surface area (Å²) in [6, 6.07) is 0. The first-order valence-electron chi connectivity index (χ1n) is 7.92. The van der Waals surface area contributed by atoms with Crippen LogP contribution in [0.1, 0.15) is 18.4 Å². The van der Waals surface area contributed by atoms with Crippen LogP contribution in [0.5, 0.6) is 0 Å². The Morgan fingerprint density at radius 1 is 1.04 bits per heavy atom. The van der Waals surface area contributed by atoms with Crippen molar-refractivity contribution in [1.82, 2.24) is 24.9 Å². The van der Waals surface area contributed by atoms with Crippen LogP contribution >= 0.6 is 37.2 Å². The van der Waals surface area contributed by atoms with Gasteiger partial charge in [-0.15, -0.1) is 37.2 Å². The van der Waals surface area contributed by atoms with Crippen molar-refractivity contribution >= 4 is 37.2 Å². The van der Waals surface area contributed by atoms with Crippen molar-refractivity contribution < 1.29 is 0 Å². The molecule has 1 aromatic heterocycles. The Labute approximate surface area is 158 Å². The monoisotopic (exact) mass is 385 g/mol. The van der Waals surface area contributed by atoms with Crippen molar-refractivity contribution in [2.75, 3.05) is 45.8 Å². The summed E-state index contributed by atoms with van der Waals surface area (Å²) in [7, 11) is 1.99. The van der Waals surface area contributed by atoms with Crippen molar-refractivity contribution in [3.8, 4) is 0 Å². The Balaban J connectivity index is 0.00000161. The lowest BCUT2D eigenvalue weighted by Crippen LogP contribution is -2.48. The van der Waals surface area contributed by atoms with Crippen molar-refractivity contribution in [3.63, 3.8) is 0 Å². The van der Waals surface area contributed by atoms with Crippen LogP contribution < -0.4 is 5.32 Å². The van der Waals surface area contributed by atoms with Gasteiger partial charge in [-0.05, 0) is 31.8 Å². The maximum Gasteiger partial charge on any atom is 0.0534 e. The number of aryl methyl sites for hydroxylation is 1. The molecule has 1 N–H and O–H groups in total. The number of aromatic nitrogens is 2. The maximum absolute atomic E-state index is 4.25. The molecule has 0 aliphatic carbocycles. The van der Waals surface area contributed by atoms with Gasteiger partial charge in [0.2, 0.25) is 0 Å². The topological polar surface area (TPSA) is 36.3 Å². The van der Waals surface area contributed by atoms with Crippen LogP contribution in [-0.4, -0.2) is 65.4 Å². The Kier molecular flexibility index (Phi) is 11.5. The number of nitrogens with zero attached hydrogens (tertiary/aromatic N) is 4. The first-order chi connectivity index (χ1) is 9.79. The molecule has 0 spiro atoms. The Hall–Kier alpha value is -0.0400. The van der Waals surface area contributed by atoms with Gasteiger partial charge in [0, 0.05) is 58.1 Å². The molecule has 3 heterocycles. The molecule has 2 fully saturated rings. The molecule has 0 atom stereocenters. The molecular formula is C15H30Cl3N5. The molecule has 0 saturated carbocycles. The van der Waals surface area contributed by atoms with E-state index in [1.165, 1.54) is 64.2 Å². The van der Waals surface area contributed by atoms with Crippen LogP contribution in [0.2, 0.25) is 0 Å². The van der Waals surface area contributed by atoms with E-state index in [1.54, 1.807) is 0 Å². The fourth-order valence-electron chi connectivity index (χ4n) is 3.37. The normalized spacial score (nSPS) is 20.2. The molecule has 2 aliphatic heterocycles. The van der Waals surface area contributed by atoms with E-state index in [0.717, 1.165) is 12.5 Å². The van der Waals surface area contributed by atoms with E-state index in [0.29, 0.717) is 0 Å². The summed E-state index contributed by atoms with van der Waals surface area (Å²) in [6.45, 7) is 9.63. The summed E-state index contributed by atoms with van der Waals surface area (Å²) in [5, 5.41) is 7.70. The highest BCUT2D eigenvalue weighted by atomic mass is 35.5. The third-order valence-corrected chi connectivity index (χ3v) is 4.60. The molecule has 0 amide bonds. The molecular weight excluding hydrogens is 357 g/mol. The van der Waals surface area contributed by atoms with Gasteiger partial charge in [0.25, 0.3) is 0 Å². The molecule has 0 radical (unpaired) electrons. The summed E-state index contributed by atoms with van der Waals surface area (Å²) in [5.74, 6) is 0.918. The minimum atomic E-state index is 0. The zero-order chi connectivity index (χ0) is 13.8. The Bertz CT molecular complexity index is 415. The zero-order valence-electron chi connectivity index (χ0n) is 13.8. The van der Waals surface area contributed by atoms with E-state index in [2.05, 4.69) is 26.4 Å². The van der Waals surface area contributed by atoms with Gasteiger partial charge in [-0.2, -0.15) is 5.10 Å². The summed E-state index contributed by atoms with van der Waals surface area (Å²) >= 11 is 0. The first kappa shape index (κ1) is 23.0. The minimum absolute atomic E-state index is 0. The number of nitrogens with one attached hydrogen (secondary N) is 1. The number of halogens is 3. The highest BCUT2D eigenvalue weighted by Gasteiger charge is 2.21. The lowest BCUT2D eigenvalue weighted by molar-refractivity contribution is 0.107. The van der Waals surface area contributed by atoms with Gasteiger partial charge in [-0.25, -0.2) is 0 Å². The van der Waals surface area contributed by atoms with Crippen molar-refractivity contribution in [1.29, 1.82) is 0 Å². The van der Waals surface area contributed by atoms with Gasteiger partial charge >= 0.3 is 0 Å². The Morgan fingerprint density at radius 2 is 1.65 bits per heavy atom. The number of hydrogen-bond donors (Lipinski definition) is 1. The van der Waals surface area contributed by atoms with E-state index < -0.39 is 0 Å². The van der Waals surface area contributed by atoms with Gasteiger partial charge in [0.05, 0.1) is 6.20 Å². The van der Waals surface area contributed by atoms with Crippen LogP contribution in [0.3, 0.4) is 0 Å². The standard InChI is InChI=1S/C15H27N5.3ClH/c1-18-11-15(10-17-18)13-20-8-6-19(7-9-20)12-14-2-4-16-5-3-14;;;/h10-11,14,16H,2-9,12-13H2,1H3;3*1H. The highest BCUT2D eigenvalue weighted by molar-refractivity contribution is 5.86. The van der Waals surface area contributed by atoms with Gasteiger partial charge in [-0.1, -0.05) is 0 Å². The third kappa shape index (κ3) is 7.16. The molecule has 0 unspecified atom stereocenters. The molecule has 1 aromatic rings. The summed E-state index contributed by atoms with van der Waals surface area (Å²) in [4.78, 5) is 5.21. The summed E-state index contributed by atoms with van der Waals surface area (Å²) < 4.78 is 1.89. The van der Waals surface area contributed by atoms with Crippen molar-refractivity contribution in [3.05, 3.63) is 18.0 Å². The molecule has 23 heavy (non-hydrogen) atoms. The quantitative estimate of drug-likeness (QED) is 0.856. The van der Waals surface area contributed by atoms with E-state index in [4.69, 9.17) is 0 Å². The molecule has 2 aliphatic rings. The lowest BCUT2D eigenvalue weighted by Gasteiger charge is -2.37. The fraction of sp³-hybridized carbons (Fsp3) is 0.800. The number of hydrogen-bond acceptors (Lipinski definition) is 4. The van der Waals surface area contributed by atoms with E-state index in [1.807, 2.05) is 17.9 Å². The second kappa shape index (κ2) is 11.5. The van der Waals surface area contributed by atoms with Crippen LogP contribution in [0.15, 0.2) is 12.4 Å². The number of piperazine rings is 1. The fourth-order valence-corrected chi connectivity index (χ4v) is 3.37. The van der Waals surface area contributed by atoms with Crippen LogP contribution in [-0.2, 0) is 13.6 Å². The smallest absolute Gasteiger partial charge is 0.0534 e. The SMILES string of the molecule is Cl.Cl.Cl.Cn1cc(CN2CCN(CC3CCNCC3)CC2)cn1. The van der Waals surface area contributed by atoms with E-state index in [-0.39, 0.29) is 37.2 Å². The molecule has 2 saturated heterocycles. The van der Waals surface area contributed by atoms with Crippen LogP contribution in [0.25, 0.3) is 0 Å². The Morgan fingerprint density at radius 3 is 2.22 bits per heavy atom. The maximum atomic E-state index is 4.25.